The monoisotopic (exact) mass is 728 g/mol. The average molecular weight is 729 g/mol. The van der Waals surface area contributed by atoms with E-state index in [4.69, 9.17) is 37.9 Å². The molecule has 18 nitrogen and oxygen atoms in total. The van der Waals surface area contributed by atoms with Crippen LogP contribution in [0.4, 0.5) is 0 Å². The Labute approximate surface area is 288 Å². The Morgan fingerprint density at radius 3 is 1.58 bits per heavy atom. The molecule has 0 radical (unpaired) electrons. The molecule has 1 aromatic carbocycles. The van der Waals surface area contributed by atoms with Crippen LogP contribution in [0.5, 0.6) is 0 Å². The molecule has 1 aromatic rings. The lowest BCUT2D eigenvalue weighted by Gasteiger charge is -2.41. The molecule has 0 spiro atoms. The lowest BCUT2D eigenvalue weighted by Crippen LogP contribution is -2.60. The van der Waals surface area contributed by atoms with E-state index in [0.29, 0.717) is 4.41 Å². The van der Waals surface area contributed by atoms with E-state index >= 15 is 0 Å². The van der Waals surface area contributed by atoms with E-state index in [1.807, 2.05) is 0 Å². The summed E-state index contributed by atoms with van der Waals surface area (Å²) in [6.07, 6.45) is -9.86. The topological polar surface area (TPSA) is 226 Å². The third-order valence-electron chi connectivity index (χ3n) is 7.12. The zero-order valence-electron chi connectivity index (χ0n) is 28.5. The van der Waals surface area contributed by atoms with E-state index in [0.717, 1.165) is 53.3 Å². The van der Waals surface area contributed by atoms with Crippen molar-refractivity contribution in [2.45, 2.75) is 102 Å². The van der Waals surface area contributed by atoms with Crippen LogP contribution in [0.1, 0.15) is 47.1 Å². The molecule has 0 unspecified atom stereocenters. The Balaban J connectivity index is 2.09. The molecular formula is C31H40N2O16S. The van der Waals surface area contributed by atoms with Gasteiger partial charge in [0.2, 0.25) is 0 Å². The minimum atomic E-state index is -4.54. The number of carbonyl (C=O) groups excluding carboxylic acids is 6. The summed E-state index contributed by atoms with van der Waals surface area (Å²) >= 11 is 0. The van der Waals surface area contributed by atoms with Crippen LogP contribution in [0.2, 0.25) is 0 Å². The van der Waals surface area contributed by atoms with Gasteiger partial charge in [0.05, 0.1) is 30.9 Å². The molecule has 2 heterocycles. The maximum absolute atomic E-state index is 14.1. The van der Waals surface area contributed by atoms with Gasteiger partial charge in [0.1, 0.15) is 12.2 Å². The molecule has 0 saturated carbocycles. The van der Waals surface area contributed by atoms with Crippen LogP contribution in [-0.2, 0) is 76.7 Å². The van der Waals surface area contributed by atoms with Gasteiger partial charge in [0, 0.05) is 41.5 Å². The molecule has 50 heavy (non-hydrogen) atoms. The summed E-state index contributed by atoms with van der Waals surface area (Å²) in [5, 5.41) is 4.18. The van der Waals surface area contributed by atoms with Gasteiger partial charge in [-0.05, 0) is 19.1 Å². The van der Waals surface area contributed by atoms with Gasteiger partial charge >= 0.3 is 35.8 Å². The number of hydrazone groups is 1. The van der Waals surface area contributed by atoms with Gasteiger partial charge in [-0.2, -0.15) is 17.9 Å². The number of hydrogen-bond acceptors (Lipinski definition) is 17. The second-order valence-electron chi connectivity index (χ2n) is 11.3. The Bertz CT molecular complexity index is 1560. The molecule has 8 atom stereocenters. The van der Waals surface area contributed by atoms with Crippen LogP contribution < -0.4 is 0 Å². The summed E-state index contributed by atoms with van der Waals surface area (Å²) in [5.41, 5.74) is 0.754. The molecule has 2 aliphatic heterocycles. The van der Waals surface area contributed by atoms with Crippen LogP contribution in [0, 0.1) is 6.92 Å². The molecular weight excluding hydrogens is 688 g/mol. The molecule has 0 aromatic heterocycles. The van der Waals surface area contributed by atoms with Crippen molar-refractivity contribution in [2.75, 3.05) is 19.8 Å². The molecule has 0 bridgehead atoms. The molecule has 0 amide bonds. The van der Waals surface area contributed by atoms with Crippen molar-refractivity contribution in [3.63, 3.8) is 0 Å². The van der Waals surface area contributed by atoms with Gasteiger partial charge in [-0.25, -0.2) is 0 Å². The zero-order chi connectivity index (χ0) is 37.3. The van der Waals surface area contributed by atoms with Crippen molar-refractivity contribution in [1.82, 2.24) is 4.41 Å². The van der Waals surface area contributed by atoms with E-state index in [2.05, 4.69) is 5.10 Å². The number of sulfonamides is 1. The lowest BCUT2D eigenvalue weighted by atomic mass is 9.99. The zero-order valence-corrected chi connectivity index (χ0v) is 29.3. The number of esters is 6. The third-order valence-corrected chi connectivity index (χ3v) is 8.78. The van der Waals surface area contributed by atoms with Crippen LogP contribution in [-0.4, -0.2) is 123 Å². The largest absolute Gasteiger partial charge is 0.456 e. The molecule has 2 fully saturated rings. The van der Waals surface area contributed by atoms with Crippen molar-refractivity contribution >= 4 is 52.1 Å². The number of carbonyl (C=O) groups is 6. The Kier molecular flexibility index (Phi) is 13.8. The molecule has 19 heteroatoms. The van der Waals surface area contributed by atoms with E-state index in [-0.39, 0.29) is 18.1 Å². The molecule has 0 aliphatic carbocycles. The highest BCUT2D eigenvalue weighted by Gasteiger charge is 2.49. The van der Waals surface area contributed by atoms with E-state index in [1.54, 1.807) is 19.1 Å². The first-order chi connectivity index (χ1) is 23.4. The molecule has 2 aliphatic rings. The summed E-state index contributed by atoms with van der Waals surface area (Å²) in [6, 6.07) is 5.76. The summed E-state index contributed by atoms with van der Waals surface area (Å²) in [4.78, 5) is 71.7. The predicted molar refractivity (Wildman–Crippen MR) is 166 cm³/mol. The van der Waals surface area contributed by atoms with Crippen molar-refractivity contribution < 1.29 is 75.1 Å². The average Bonchev–Trinajstić information content (AvgIpc) is 2.99. The normalized spacial score (nSPS) is 26.6. The smallest absolute Gasteiger partial charge is 0.303 e. The Morgan fingerprint density at radius 2 is 1.10 bits per heavy atom. The molecule has 3 rings (SSSR count). The maximum atomic E-state index is 14.1. The minimum absolute atomic E-state index is 0.205. The molecule has 0 N–H and O–H groups in total. The van der Waals surface area contributed by atoms with Gasteiger partial charge in [0.25, 0.3) is 10.0 Å². The highest BCUT2D eigenvalue weighted by molar-refractivity contribution is 7.89. The van der Waals surface area contributed by atoms with Gasteiger partial charge in [-0.1, -0.05) is 17.7 Å². The fourth-order valence-electron chi connectivity index (χ4n) is 5.20. The van der Waals surface area contributed by atoms with Crippen LogP contribution in [0.3, 0.4) is 0 Å². The Hall–Kier alpha value is -4.62. The van der Waals surface area contributed by atoms with Crippen LogP contribution in [0.15, 0.2) is 34.3 Å². The van der Waals surface area contributed by atoms with Crippen LogP contribution >= 0.6 is 0 Å². The van der Waals surface area contributed by atoms with Gasteiger partial charge in [0.15, 0.2) is 36.6 Å². The van der Waals surface area contributed by atoms with E-state index < -0.39 is 101 Å². The van der Waals surface area contributed by atoms with Crippen molar-refractivity contribution in [3.05, 3.63) is 29.8 Å². The summed E-state index contributed by atoms with van der Waals surface area (Å²) in [5.74, 6) is -4.78. The summed E-state index contributed by atoms with van der Waals surface area (Å²) in [7, 11) is -4.54. The summed E-state index contributed by atoms with van der Waals surface area (Å²) in [6.45, 7) is 6.86. The molecule has 2 saturated heterocycles. The number of aryl methyl sites for hydroxylation is 1. The van der Waals surface area contributed by atoms with Crippen molar-refractivity contribution in [1.29, 1.82) is 0 Å². The maximum Gasteiger partial charge on any atom is 0.303 e. The van der Waals surface area contributed by atoms with Gasteiger partial charge < -0.3 is 37.9 Å². The van der Waals surface area contributed by atoms with Crippen LogP contribution in [0.25, 0.3) is 0 Å². The second-order valence-corrected chi connectivity index (χ2v) is 13.2. The molecule has 276 valence electrons. The quantitative estimate of drug-likeness (QED) is 0.123. The predicted octanol–water partition coefficient (Wildman–Crippen LogP) is 0.359. The number of rotatable bonds is 12. The first-order valence-corrected chi connectivity index (χ1v) is 16.7. The highest BCUT2D eigenvalue weighted by Crippen LogP contribution is 2.28. The first-order valence-electron chi connectivity index (χ1n) is 15.3. The minimum Gasteiger partial charge on any atom is -0.456 e. The number of hydrogen-bond donors (Lipinski definition) is 0. The SMILES string of the molecule is CC(=O)O[C@@H]1[C@H](OC(C)=O)[C@@H](/C=N/N(C[C@H]2OC[C@@H](OC(C)=O)[C@H](OC(C)=O)[C@@H]2OC(C)=O)S(=O)(=O)c2ccc(C)cc2)OC[C@H]1OC(C)=O. The summed E-state index contributed by atoms with van der Waals surface area (Å²) < 4.78 is 72.3. The first kappa shape index (κ1) is 39.8. The third kappa shape index (κ3) is 10.9. The lowest BCUT2D eigenvalue weighted by molar-refractivity contribution is -0.226. The van der Waals surface area contributed by atoms with Gasteiger partial charge in [-0.3, -0.25) is 28.8 Å². The van der Waals surface area contributed by atoms with Gasteiger partial charge in [-0.15, -0.1) is 0 Å². The number of nitrogens with zero attached hydrogens (tertiary/aromatic N) is 2. The highest BCUT2D eigenvalue weighted by atomic mass is 32.2. The fraction of sp³-hybridized carbons (Fsp3) is 0.581. The standard InChI is InChI=1S/C31H40N2O16S/c1-16-8-10-23(11-9-16)50(40,41)33(13-25-29(47-20(5)37)31(49-22(7)39)27(15-43-25)45-18(3)35)32-12-24-28(46-19(4)36)30(48-21(6)38)26(14-42-24)44-17(2)34/h8-12,24-31H,13-15H2,1-7H3/b32-12+/t24-,25-,26-,27-,28-,29-,30+,31+/m1/s1. The van der Waals surface area contributed by atoms with Crippen molar-refractivity contribution in [3.8, 4) is 0 Å². The number of benzene rings is 1. The second kappa shape index (κ2) is 17.3. The van der Waals surface area contributed by atoms with E-state index in [9.17, 15) is 37.2 Å². The van der Waals surface area contributed by atoms with Crippen molar-refractivity contribution in [2.24, 2.45) is 5.10 Å². The Morgan fingerprint density at radius 1 is 0.680 bits per heavy atom. The number of ether oxygens (including phenoxy) is 8. The van der Waals surface area contributed by atoms with E-state index in [1.165, 1.54) is 12.1 Å². The fourth-order valence-corrected chi connectivity index (χ4v) is 6.45.